The van der Waals surface area contributed by atoms with Gasteiger partial charge in [0.05, 0.1) is 12.2 Å². The van der Waals surface area contributed by atoms with E-state index in [4.69, 9.17) is 10.5 Å². The van der Waals surface area contributed by atoms with Gasteiger partial charge in [0.1, 0.15) is 5.75 Å². The summed E-state index contributed by atoms with van der Waals surface area (Å²) in [5.41, 5.74) is 7.92. The predicted molar refractivity (Wildman–Crippen MR) is 54.7 cm³/mol. The minimum absolute atomic E-state index is 0.0963. The SMILES string of the molecule is CCc1ccc(N)c2c1OCCC2=O. The number of aryl methyl sites for hydroxylation is 1. The number of nitrogens with two attached hydrogens (primary N) is 1. The summed E-state index contributed by atoms with van der Waals surface area (Å²) in [6.45, 7) is 2.51. The fourth-order valence-corrected chi connectivity index (χ4v) is 1.74. The van der Waals surface area contributed by atoms with Gasteiger partial charge in [-0.15, -0.1) is 0 Å². The van der Waals surface area contributed by atoms with Crippen LogP contribution in [0.15, 0.2) is 12.1 Å². The number of ether oxygens (including phenoxy) is 1. The Morgan fingerprint density at radius 3 is 3.00 bits per heavy atom. The van der Waals surface area contributed by atoms with Gasteiger partial charge >= 0.3 is 0 Å². The second-order valence-corrected chi connectivity index (χ2v) is 3.39. The van der Waals surface area contributed by atoms with Gasteiger partial charge in [-0.05, 0) is 18.1 Å². The Hall–Kier alpha value is -1.51. The van der Waals surface area contributed by atoms with E-state index in [1.165, 1.54) is 0 Å². The van der Waals surface area contributed by atoms with Crippen molar-refractivity contribution in [2.24, 2.45) is 0 Å². The molecule has 1 aliphatic heterocycles. The molecule has 0 aromatic heterocycles. The lowest BCUT2D eigenvalue weighted by Crippen LogP contribution is -2.18. The van der Waals surface area contributed by atoms with E-state index in [9.17, 15) is 4.79 Å². The largest absolute Gasteiger partial charge is 0.492 e. The van der Waals surface area contributed by atoms with Gasteiger partial charge in [0.25, 0.3) is 0 Å². The summed E-state index contributed by atoms with van der Waals surface area (Å²) >= 11 is 0. The Kier molecular flexibility index (Phi) is 2.15. The predicted octanol–water partition coefficient (Wildman–Crippen LogP) is 1.80. The second-order valence-electron chi connectivity index (χ2n) is 3.39. The average Bonchev–Trinajstić information content (AvgIpc) is 2.18. The minimum atomic E-state index is 0.0963. The van der Waals surface area contributed by atoms with Gasteiger partial charge in [0.15, 0.2) is 5.78 Å². The number of nitrogen functional groups attached to an aromatic ring is 1. The summed E-state index contributed by atoms with van der Waals surface area (Å²) in [6.07, 6.45) is 1.29. The zero-order valence-corrected chi connectivity index (χ0v) is 8.17. The molecule has 0 saturated carbocycles. The highest BCUT2D eigenvalue weighted by molar-refractivity contribution is 6.04. The summed E-state index contributed by atoms with van der Waals surface area (Å²) in [4.78, 5) is 11.6. The van der Waals surface area contributed by atoms with Crippen molar-refractivity contribution in [1.29, 1.82) is 0 Å². The number of hydrogen-bond acceptors (Lipinski definition) is 3. The third kappa shape index (κ3) is 1.25. The van der Waals surface area contributed by atoms with Crippen LogP contribution in [0.2, 0.25) is 0 Å². The molecule has 0 aliphatic carbocycles. The zero-order chi connectivity index (χ0) is 10.1. The lowest BCUT2D eigenvalue weighted by molar-refractivity contribution is 0.0934. The quantitative estimate of drug-likeness (QED) is 0.688. The molecule has 0 saturated heterocycles. The Balaban J connectivity index is 2.63. The van der Waals surface area contributed by atoms with Gasteiger partial charge in [-0.1, -0.05) is 13.0 Å². The Labute approximate surface area is 82.9 Å². The third-order valence-corrected chi connectivity index (χ3v) is 2.51. The number of carbonyl (C=O) groups excluding carboxylic acids is 1. The molecule has 3 heteroatoms. The average molecular weight is 191 g/mol. The highest BCUT2D eigenvalue weighted by Gasteiger charge is 2.23. The highest BCUT2D eigenvalue weighted by Crippen LogP contribution is 2.33. The summed E-state index contributed by atoms with van der Waals surface area (Å²) < 4.78 is 5.50. The van der Waals surface area contributed by atoms with E-state index >= 15 is 0 Å². The molecule has 74 valence electrons. The molecule has 0 fully saturated rings. The van der Waals surface area contributed by atoms with Gasteiger partial charge in [-0.25, -0.2) is 0 Å². The Morgan fingerprint density at radius 2 is 2.29 bits per heavy atom. The van der Waals surface area contributed by atoms with E-state index in [2.05, 4.69) is 0 Å². The normalized spacial score (nSPS) is 14.8. The van der Waals surface area contributed by atoms with Crippen molar-refractivity contribution in [3.8, 4) is 5.75 Å². The molecule has 0 atom stereocenters. The van der Waals surface area contributed by atoms with Gasteiger partial charge in [0, 0.05) is 12.1 Å². The first-order valence-electron chi connectivity index (χ1n) is 4.81. The van der Waals surface area contributed by atoms with Crippen molar-refractivity contribution in [2.75, 3.05) is 12.3 Å². The smallest absolute Gasteiger partial charge is 0.172 e. The number of fused-ring (bicyclic) bond motifs is 1. The standard InChI is InChI=1S/C11H13NO2/c1-2-7-3-4-8(12)10-9(13)5-6-14-11(7)10/h3-4H,2,5-6,12H2,1H3. The van der Waals surface area contributed by atoms with E-state index in [0.29, 0.717) is 30.0 Å². The van der Waals surface area contributed by atoms with Crippen LogP contribution in [-0.2, 0) is 6.42 Å². The lowest BCUT2D eigenvalue weighted by Gasteiger charge is -2.20. The number of Topliss-reactive ketones (excluding diaryl/α,β-unsaturated/α-hetero) is 1. The molecule has 2 rings (SSSR count). The van der Waals surface area contributed by atoms with Crippen LogP contribution < -0.4 is 10.5 Å². The zero-order valence-electron chi connectivity index (χ0n) is 8.17. The van der Waals surface area contributed by atoms with Gasteiger partial charge < -0.3 is 10.5 Å². The maximum absolute atomic E-state index is 11.6. The molecule has 1 aromatic rings. The highest BCUT2D eigenvalue weighted by atomic mass is 16.5. The molecule has 3 nitrogen and oxygen atoms in total. The minimum Gasteiger partial charge on any atom is -0.492 e. The second kappa shape index (κ2) is 3.33. The molecular weight excluding hydrogens is 178 g/mol. The monoisotopic (exact) mass is 191 g/mol. The van der Waals surface area contributed by atoms with E-state index in [0.717, 1.165) is 12.0 Å². The van der Waals surface area contributed by atoms with Crippen LogP contribution >= 0.6 is 0 Å². The van der Waals surface area contributed by atoms with Crippen LogP contribution in [0.4, 0.5) is 5.69 Å². The van der Waals surface area contributed by atoms with Crippen molar-refractivity contribution in [3.63, 3.8) is 0 Å². The van der Waals surface area contributed by atoms with Crippen LogP contribution in [-0.4, -0.2) is 12.4 Å². The van der Waals surface area contributed by atoms with E-state index in [1.54, 1.807) is 6.07 Å². The van der Waals surface area contributed by atoms with E-state index in [-0.39, 0.29) is 5.78 Å². The Bertz CT molecular complexity index is 385. The summed E-state index contributed by atoms with van der Waals surface area (Å²) in [7, 11) is 0. The molecular formula is C11H13NO2. The van der Waals surface area contributed by atoms with Crippen molar-refractivity contribution in [2.45, 2.75) is 19.8 Å². The number of hydrogen-bond donors (Lipinski definition) is 1. The molecule has 2 N–H and O–H groups in total. The molecule has 0 bridgehead atoms. The molecule has 0 unspecified atom stereocenters. The van der Waals surface area contributed by atoms with Crippen LogP contribution in [0.3, 0.4) is 0 Å². The number of rotatable bonds is 1. The number of benzene rings is 1. The maximum Gasteiger partial charge on any atom is 0.172 e. The third-order valence-electron chi connectivity index (χ3n) is 2.51. The first-order chi connectivity index (χ1) is 6.74. The molecule has 1 heterocycles. The van der Waals surface area contributed by atoms with Crippen LogP contribution in [0.1, 0.15) is 29.3 Å². The summed E-state index contributed by atoms with van der Waals surface area (Å²) in [5.74, 6) is 0.794. The molecule has 1 aliphatic rings. The van der Waals surface area contributed by atoms with Crippen LogP contribution in [0.5, 0.6) is 5.75 Å². The van der Waals surface area contributed by atoms with E-state index < -0.39 is 0 Å². The Morgan fingerprint density at radius 1 is 1.50 bits per heavy atom. The summed E-state index contributed by atoms with van der Waals surface area (Å²) in [6, 6.07) is 3.71. The first kappa shape index (κ1) is 9.06. The van der Waals surface area contributed by atoms with Gasteiger partial charge in [0.2, 0.25) is 0 Å². The van der Waals surface area contributed by atoms with Crippen molar-refractivity contribution in [3.05, 3.63) is 23.3 Å². The maximum atomic E-state index is 11.6. The van der Waals surface area contributed by atoms with Gasteiger partial charge in [-0.2, -0.15) is 0 Å². The number of anilines is 1. The number of carbonyl (C=O) groups is 1. The molecule has 0 amide bonds. The van der Waals surface area contributed by atoms with E-state index in [1.807, 2.05) is 13.0 Å². The van der Waals surface area contributed by atoms with Crippen LogP contribution in [0.25, 0.3) is 0 Å². The first-order valence-corrected chi connectivity index (χ1v) is 4.81. The van der Waals surface area contributed by atoms with Crippen LogP contribution in [0, 0.1) is 0 Å². The molecule has 1 aromatic carbocycles. The fourth-order valence-electron chi connectivity index (χ4n) is 1.74. The topological polar surface area (TPSA) is 52.3 Å². The fraction of sp³-hybridized carbons (Fsp3) is 0.364. The molecule has 0 radical (unpaired) electrons. The molecule has 14 heavy (non-hydrogen) atoms. The van der Waals surface area contributed by atoms with Crippen molar-refractivity contribution >= 4 is 11.5 Å². The van der Waals surface area contributed by atoms with Gasteiger partial charge in [-0.3, -0.25) is 4.79 Å². The lowest BCUT2D eigenvalue weighted by atomic mass is 9.98. The molecule has 0 spiro atoms. The number of ketones is 1. The van der Waals surface area contributed by atoms with Crippen molar-refractivity contribution < 1.29 is 9.53 Å². The summed E-state index contributed by atoms with van der Waals surface area (Å²) in [5, 5.41) is 0. The van der Waals surface area contributed by atoms with Crippen molar-refractivity contribution in [1.82, 2.24) is 0 Å².